The Morgan fingerprint density at radius 3 is 2.41 bits per heavy atom. The number of nitrogens with zero attached hydrogens (tertiary/aromatic N) is 2. The lowest BCUT2D eigenvalue weighted by atomic mass is 10.0. The molecule has 4 rings (SSSR count). The summed E-state index contributed by atoms with van der Waals surface area (Å²) in [6, 6.07) is 23.6. The zero-order valence-electron chi connectivity index (χ0n) is 23.9. The van der Waals surface area contributed by atoms with Crippen LogP contribution in [0.4, 0.5) is 16.2 Å². The maximum atomic E-state index is 13.0. The van der Waals surface area contributed by atoms with E-state index in [4.69, 9.17) is 21.2 Å². The molecule has 1 heterocycles. The fourth-order valence-corrected chi connectivity index (χ4v) is 4.87. The number of hydroxylamine groups is 1. The van der Waals surface area contributed by atoms with Crippen molar-refractivity contribution >= 4 is 35.0 Å². The van der Waals surface area contributed by atoms with Gasteiger partial charge < -0.3 is 19.4 Å². The second-order valence-electron chi connectivity index (χ2n) is 11.0. The van der Waals surface area contributed by atoms with Crippen molar-refractivity contribution in [1.82, 2.24) is 10.4 Å². The number of hydrogen-bond donors (Lipinski definition) is 1. The Morgan fingerprint density at radius 1 is 0.951 bits per heavy atom. The zero-order chi connectivity index (χ0) is 29.2. The number of aryl methyl sites for hydroxylation is 2. The summed E-state index contributed by atoms with van der Waals surface area (Å²) >= 11 is 6.41. The topological polar surface area (TPSA) is 71.1 Å². The Bertz CT molecular complexity index is 1350. The molecule has 0 bridgehead atoms. The SMILES string of the molecule is CC(C)(C)OC(=O)N(C/C=C/C(=O)NOc1ccccc1)CCCCN1c2ccccc2CCc2ccc(Cl)cc21. The van der Waals surface area contributed by atoms with Crippen LogP contribution in [0.15, 0.2) is 84.9 Å². The van der Waals surface area contributed by atoms with Crippen LogP contribution < -0.4 is 15.2 Å². The molecule has 7 nitrogen and oxygen atoms in total. The molecule has 0 unspecified atom stereocenters. The molecule has 0 aromatic heterocycles. The molecule has 41 heavy (non-hydrogen) atoms. The first kappa shape index (κ1) is 30.0. The van der Waals surface area contributed by atoms with Crippen molar-refractivity contribution in [3.63, 3.8) is 0 Å². The van der Waals surface area contributed by atoms with Crippen LogP contribution >= 0.6 is 11.6 Å². The third-order valence-electron chi connectivity index (χ3n) is 6.60. The molecule has 3 aromatic carbocycles. The first-order valence-electron chi connectivity index (χ1n) is 14.0. The molecule has 0 saturated heterocycles. The van der Waals surface area contributed by atoms with Crippen molar-refractivity contribution in [3.05, 3.63) is 101 Å². The Hall–Kier alpha value is -3.97. The minimum absolute atomic E-state index is 0.235. The quantitative estimate of drug-likeness (QED) is 0.156. The van der Waals surface area contributed by atoms with Crippen LogP contribution in [0.5, 0.6) is 5.75 Å². The number of para-hydroxylation sites is 2. The van der Waals surface area contributed by atoms with Gasteiger partial charge in [-0.1, -0.05) is 60.1 Å². The number of ether oxygens (including phenoxy) is 1. The van der Waals surface area contributed by atoms with Crippen molar-refractivity contribution in [3.8, 4) is 5.75 Å². The number of carbonyl (C=O) groups excluding carboxylic acids is 2. The van der Waals surface area contributed by atoms with Gasteiger partial charge in [0.25, 0.3) is 5.91 Å². The molecule has 1 aliphatic rings. The average Bonchev–Trinajstić information content (AvgIpc) is 3.09. The van der Waals surface area contributed by atoms with Crippen molar-refractivity contribution in [2.24, 2.45) is 0 Å². The highest BCUT2D eigenvalue weighted by Gasteiger charge is 2.23. The number of carbonyl (C=O) groups is 2. The van der Waals surface area contributed by atoms with Gasteiger partial charge in [-0.25, -0.2) is 4.79 Å². The number of halogens is 1. The smallest absolute Gasteiger partial charge is 0.410 e. The molecule has 216 valence electrons. The Labute approximate surface area is 247 Å². The molecule has 1 aliphatic heterocycles. The van der Waals surface area contributed by atoms with E-state index in [1.165, 1.54) is 22.9 Å². The van der Waals surface area contributed by atoms with E-state index in [2.05, 4.69) is 40.7 Å². The fourth-order valence-electron chi connectivity index (χ4n) is 4.70. The van der Waals surface area contributed by atoms with Gasteiger partial charge in [-0.3, -0.25) is 4.79 Å². The maximum absolute atomic E-state index is 13.0. The molecule has 0 radical (unpaired) electrons. The van der Waals surface area contributed by atoms with E-state index < -0.39 is 17.6 Å². The molecule has 0 atom stereocenters. The molecule has 0 fully saturated rings. The normalized spacial score (nSPS) is 12.7. The number of benzene rings is 3. The van der Waals surface area contributed by atoms with Gasteiger partial charge in [-0.05, 0) is 87.9 Å². The van der Waals surface area contributed by atoms with Crippen LogP contribution in [0.3, 0.4) is 0 Å². The lowest BCUT2D eigenvalue weighted by molar-refractivity contribution is -0.122. The molecule has 8 heteroatoms. The molecule has 0 spiro atoms. The number of fused-ring (bicyclic) bond motifs is 2. The van der Waals surface area contributed by atoms with E-state index in [9.17, 15) is 9.59 Å². The number of nitrogens with one attached hydrogen (secondary N) is 1. The van der Waals surface area contributed by atoms with E-state index in [1.807, 2.05) is 51.1 Å². The van der Waals surface area contributed by atoms with E-state index >= 15 is 0 Å². The van der Waals surface area contributed by atoms with Crippen LogP contribution in [0, 0.1) is 0 Å². The summed E-state index contributed by atoms with van der Waals surface area (Å²) in [7, 11) is 0. The largest absolute Gasteiger partial charge is 0.444 e. The van der Waals surface area contributed by atoms with Gasteiger partial charge in [-0.2, -0.15) is 5.48 Å². The highest BCUT2D eigenvalue weighted by molar-refractivity contribution is 6.30. The average molecular weight is 576 g/mol. The summed E-state index contributed by atoms with van der Waals surface area (Å²) in [6.45, 7) is 7.02. The first-order chi connectivity index (χ1) is 19.7. The minimum atomic E-state index is -0.626. The van der Waals surface area contributed by atoms with Crippen LogP contribution in [0.1, 0.15) is 44.7 Å². The third-order valence-corrected chi connectivity index (χ3v) is 6.84. The van der Waals surface area contributed by atoms with Gasteiger partial charge in [0.15, 0.2) is 5.75 Å². The lowest BCUT2D eigenvalue weighted by Crippen LogP contribution is -2.38. The van der Waals surface area contributed by atoms with Gasteiger partial charge in [0.05, 0.1) is 0 Å². The standard InChI is InChI=1S/C33H38ClN3O4/c1-33(2,3)40-32(39)36(22-11-16-31(38)35-41-28-13-5-4-6-14-28)21-9-10-23-37-29-15-8-7-12-25(29)17-18-26-19-20-27(34)24-30(26)37/h4-8,11-16,19-20,24H,9-10,17-18,21-23H2,1-3H3,(H,35,38)/b16-11+. The van der Waals surface area contributed by atoms with Crippen LogP contribution in [-0.2, 0) is 22.4 Å². The van der Waals surface area contributed by atoms with E-state index in [1.54, 1.807) is 23.1 Å². The molecular weight excluding hydrogens is 538 g/mol. The third kappa shape index (κ3) is 9.02. The zero-order valence-corrected chi connectivity index (χ0v) is 24.7. The monoisotopic (exact) mass is 575 g/mol. The van der Waals surface area contributed by atoms with Gasteiger partial charge in [0, 0.05) is 42.1 Å². The van der Waals surface area contributed by atoms with Crippen molar-refractivity contribution in [2.45, 2.75) is 52.1 Å². The first-order valence-corrected chi connectivity index (χ1v) is 14.4. The summed E-state index contributed by atoms with van der Waals surface area (Å²) in [6.07, 6.45) is 6.11. The van der Waals surface area contributed by atoms with Gasteiger partial charge >= 0.3 is 6.09 Å². The van der Waals surface area contributed by atoms with Crippen molar-refractivity contribution in [2.75, 3.05) is 24.5 Å². The molecular formula is C33H38ClN3O4. The summed E-state index contributed by atoms with van der Waals surface area (Å²) in [5, 5.41) is 0.717. The van der Waals surface area contributed by atoms with Crippen LogP contribution in [-0.4, -0.2) is 42.1 Å². The Kier molecular flexibility index (Phi) is 10.3. The maximum Gasteiger partial charge on any atom is 0.410 e. The van der Waals surface area contributed by atoms with Gasteiger partial charge in [0.1, 0.15) is 5.60 Å². The molecule has 0 aliphatic carbocycles. The summed E-state index contributed by atoms with van der Waals surface area (Å²) in [5.74, 6) is 0.108. The number of anilines is 2. The van der Waals surface area contributed by atoms with E-state index in [0.717, 1.165) is 37.9 Å². The lowest BCUT2D eigenvalue weighted by Gasteiger charge is -2.29. The van der Waals surface area contributed by atoms with Crippen molar-refractivity contribution < 1.29 is 19.2 Å². The second kappa shape index (κ2) is 14.1. The summed E-state index contributed by atoms with van der Waals surface area (Å²) in [5.41, 5.74) is 6.68. The molecule has 3 aromatic rings. The van der Waals surface area contributed by atoms with Gasteiger partial charge in [0.2, 0.25) is 0 Å². The molecule has 2 amide bonds. The van der Waals surface area contributed by atoms with Gasteiger partial charge in [-0.15, -0.1) is 0 Å². The number of rotatable bonds is 10. The number of hydrogen-bond acceptors (Lipinski definition) is 5. The Balaban J connectivity index is 1.37. The predicted molar refractivity (Wildman–Crippen MR) is 164 cm³/mol. The minimum Gasteiger partial charge on any atom is -0.444 e. The van der Waals surface area contributed by atoms with Crippen molar-refractivity contribution in [1.29, 1.82) is 0 Å². The fraction of sp³-hybridized carbons (Fsp3) is 0.333. The number of amides is 2. The highest BCUT2D eigenvalue weighted by Crippen LogP contribution is 2.37. The molecule has 1 N–H and O–H groups in total. The van der Waals surface area contributed by atoms with Crippen LogP contribution in [0.2, 0.25) is 5.02 Å². The number of unbranched alkanes of at least 4 members (excludes halogenated alkanes) is 1. The highest BCUT2D eigenvalue weighted by atomic mass is 35.5. The predicted octanol–water partition coefficient (Wildman–Crippen LogP) is 7.26. The van der Waals surface area contributed by atoms with E-state index in [0.29, 0.717) is 17.3 Å². The van der Waals surface area contributed by atoms with Crippen LogP contribution in [0.25, 0.3) is 0 Å². The summed E-state index contributed by atoms with van der Waals surface area (Å²) < 4.78 is 5.64. The molecule has 0 saturated carbocycles. The Morgan fingerprint density at radius 2 is 1.66 bits per heavy atom. The van der Waals surface area contributed by atoms with E-state index in [-0.39, 0.29) is 6.54 Å². The second-order valence-corrected chi connectivity index (χ2v) is 11.4. The summed E-state index contributed by atoms with van der Waals surface area (Å²) in [4.78, 5) is 34.4.